The molecule has 0 spiro atoms. The number of benzene rings is 2. The molecule has 3 heteroatoms. The molecule has 0 amide bonds. The van der Waals surface area contributed by atoms with Crippen LogP contribution in [0.3, 0.4) is 0 Å². The van der Waals surface area contributed by atoms with E-state index >= 15 is 0 Å². The van der Waals surface area contributed by atoms with Crippen molar-refractivity contribution >= 4 is 24.1 Å². The summed E-state index contributed by atoms with van der Waals surface area (Å²) in [4.78, 5) is 24.4. The third-order valence-corrected chi connectivity index (χ3v) is 5.27. The van der Waals surface area contributed by atoms with Gasteiger partial charge in [0, 0.05) is 0 Å². The number of hydrogen-bond donors (Lipinski definition) is 0. The van der Waals surface area contributed by atoms with Crippen LogP contribution < -0.4 is 0 Å². The zero-order chi connectivity index (χ0) is 17.9. The van der Waals surface area contributed by atoms with E-state index in [-0.39, 0.29) is 35.6 Å². The number of hydrogen-bond acceptors (Lipinski definition) is 3. The Morgan fingerprint density at radius 1 is 0.692 bits per heavy atom. The molecule has 2 aromatic rings. The van der Waals surface area contributed by atoms with Crippen LogP contribution in [0.4, 0.5) is 0 Å². The van der Waals surface area contributed by atoms with Crippen LogP contribution in [0.25, 0.3) is 12.2 Å². The van der Waals surface area contributed by atoms with Gasteiger partial charge in [-0.25, -0.2) is 0 Å². The Labute approximate surface area is 153 Å². The lowest BCUT2D eigenvalue weighted by Crippen LogP contribution is -2.19. The van der Waals surface area contributed by atoms with Crippen LogP contribution in [0.5, 0.6) is 0 Å². The Balaban J connectivity index is 1.57. The smallest absolute Gasteiger partial charge is 0.318 e. The number of ether oxygens (including phenoxy) is 1. The SMILES string of the molecule is O=C1OC(=O)[C@@H]2C1C(/C=C/c1ccccc1)C[C@H]2/C=C/c1ccccc1. The molecule has 0 N–H and O–H groups in total. The van der Waals surface area contributed by atoms with E-state index in [1.807, 2.05) is 72.8 Å². The Kier molecular flexibility index (Phi) is 4.53. The molecule has 1 saturated carbocycles. The molecule has 4 rings (SSSR count). The number of esters is 2. The Morgan fingerprint density at radius 2 is 1.12 bits per heavy atom. The Morgan fingerprint density at radius 3 is 1.54 bits per heavy atom. The van der Waals surface area contributed by atoms with Crippen molar-refractivity contribution in [1.29, 1.82) is 0 Å². The van der Waals surface area contributed by atoms with Crippen molar-refractivity contribution in [2.45, 2.75) is 6.42 Å². The van der Waals surface area contributed by atoms with Crippen LogP contribution in [-0.2, 0) is 14.3 Å². The van der Waals surface area contributed by atoms with Crippen molar-refractivity contribution in [2.24, 2.45) is 23.7 Å². The van der Waals surface area contributed by atoms with E-state index in [4.69, 9.17) is 4.74 Å². The van der Waals surface area contributed by atoms with E-state index in [0.29, 0.717) is 0 Å². The topological polar surface area (TPSA) is 43.4 Å². The molecule has 0 radical (unpaired) electrons. The van der Waals surface area contributed by atoms with Crippen LogP contribution in [0, 0.1) is 23.7 Å². The first-order chi connectivity index (χ1) is 12.7. The normalized spacial score (nSPS) is 28.0. The number of rotatable bonds is 4. The van der Waals surface area contributed by atoms with Gasteiger partial charge in [-0.2, -0.15) is 0 Å². The van der Waals surface area contributed by atoms with Gasteiger partial charge < -0.3 is 4.74 Å². The highest BCUT2D eigenvalue weighted by Crippen LogP contribution is 2.48. The molecule has 2 aromatic carbocycles. The van der Waals surface area contributed by atoms with Gasteiger partial charge in [-0.15, -0.1) is 0 Å². The first-order valence-electron chi connectivity index (χ1n) is 8.94. The van der Waals surface area contributed by atoms with E-state index in [2.05, 4.69) is 12.2 Å². The second-order valence-electron chi connectivity index (χ2n) is 6.89. The summed E-state index contributed by atoms with van der Waals surface area (Å²) in [5.74, 6) is -1.45. The fourth-order valence-corrected chi connectivity index (χ4v) is 4.01. The van der Waals surface area contributed by atoms with E-state index < -0.39 is 0 Å². The summed E-state index contributed by atoms with van der Waals surface area (Å²) >= 11 is 0. The predicted octanol–water partition coefficient (Wildman–Crippen LogP) is 4.37. The van der Waals surface area contributed by atoms with E-state index in [0.717, 1.165) is 17.5 Å². The van der Waals surface area contributed by atoms with Crippen LogP contribution >= 0.6 is 0 Å². The monoisotopic (exact) mass is 344 g/mol. The molecule has 26 heavy (non-hydrogen) atoms. The predicted molar refractivity (Wildman–Crippen MR) is 101 cm³/mol. The summed E-state index contributed by atoms with van der Waals surface area (Å²) in [6.07, 6.45) is 8.96. The van der Waals surface area contributed by atoms with Crippen molar-refractivity contribution in [3.05, 3.63) is 83.9 Å². The molecular weight excluding hydrogens is 324 g/mol. The number of carbonyl (C=O) groups excluding carboxylic acids is 2. The quantitative estimate of drug-likeness (QED) is 0.611. The first kappa shape index (κ1) is 16.5. The summed E-state index contributed by atoms with van der Waals surface area (Å²) in [6.45, 7) is 0. The summed E-state index contributed by atoms with van der Waals surface area (Å²) in [5, 5.41) is 0. The zero-order valence-electron chi connectivity index (χ0n) is 14.3. The standard InChI is InChI=1S/C23H20O3/c24-22-20-18(13-11-16-7-3-1-4-8-16)15-19(21(20)23(25)26-22)14-12-17-9-5-2-6-10-17/h1-14,18-21H,15H2/b13-11+,14-12+/t18-,19?,20+,21?/m1/s1. The van der Waals surface area contributed by atoms with Gasteiger partial charge in [0.15, 0.2) is 0 Å². The molecule has 0 bridgehead atoms. The number of fused-ring (bicyclic) bond motifs is 1. The summed E-state index contributed by atoms with van der Waals surface area (Å²) in [5.41, 5.74) is 2.18. The molecular formula is C23H20O3. The third kappa shape index (κ3) is 3.25. The molecule has 0 aromatic heterocycles. The van der Waals surface area contributed by atoms with Crippen LogP contribution in [0.1, 0.15) is 17.5 Å². The minimum Gasteiger partial charge on any atom is -0.393 e. The van der Waals surface area contributed by atoms with Gasteiger partial charge in [-0.1, -0.05) is 85.0 Å². The van der Waals surface area contributed by atoms with Gasteiger partial charge in [0.05, 0.1) is 11.8 Å². The van der Waals surface area contributed by atoms with E-state index in [1.54, 1.807) is 0 Å². The number of allylic oxidation sites excluding steroid dienone is 2. The maximum absolute atomic E-state index is 12.2. The highest BCUT2D eigenvalue weighted by molar-refractivity contribution is 5.97. The molecule has 2 unspecified atom stereocenters. The van der Waals surface area contributed by atoms with Gasteiger partial charge in [0.1, 0.15) is 0 Å². The van der Waals surface area contributed by atoms with E-state index in [9.17, 15) is 9.59 Å². The minimum atomic E-state index is -0.377. The Hall–Kier alpha value is -2.94. The highest BCUT2D eigenvalue weighted by atomic mass is 16.6. The van der Waals surface area contributed by atoms with Crippen LogP contribution in [0.2, 0.25) is 0 Å². The summed E-state index contributed by atoms with van der Waals surface area (Å²) in [6, 6.07) is 20.0. The fraction of sp³-hybridized carbons (Fsp3) is 0.217. The molecule has 1 aliphatic heterocycles. The lowest BCUT2D eigenvalue weighted by atomic mass is 9.88. The molecule has 1 heterocycles. The van der Waals surface area contributed by atoms with E-state index in [1.165, 1.54) is 0 Å². The average molecular weight is 344 g/mol. The molecule has 1 aliphatic carbocycles. The van der Waals surface area contributed by atoms with Crippen LogP contribution in [-0.4, -0.2) is 11.9 Å². The largest absolute Gasteiger partial charge is 0.393 e. The van der Waals surface area contributed by atoms with Gasteiger partial charge in [-0.05, 0) is 29.4 Å². The van der Waals surface area contributed by atoms with Crippen molar-refractivity contribution in [1.82, 2.24) is 0 Å². The van der Waals surface area contributed by atoms with Gasteiger partial charge in [0.25, 0.3) is 0 Å². The highest BCUT2D eigenvalue weighted by Gasteiger charge is 2.55. The lowest BCUT2D eigenvalue weighted by Gasteiger charge is -2.09. The second-order valence-corrected chi connectivity index (χ2v) is 6.89. The summed E-state index contributed by atoms with van der Waals surface area (Å²) < 4.78 is 4.95. The minimum absolute atomic E-state index is 0.0181. The van der Waals surface area contributed by atoms with Gasteiger partial charge in [-0.3, -0.25) is 9.59 Å². The lowest BCUT2D eigenvalue weighted by molar-refractivity contribution is -0.154. The molecule has 2 aliphatic rings. The van der Waals surface area contributed by atoms with Crippen molar-refractivity contribution in [2.75, 3.05) is 0 Å². The third-order valence-electron chi connectivity index (χ3n) is 5.27. The van der Waals surface area contributed by atoms with Crippen molar-refractivity contribution < 1.29 is 14.3 Å². The second kappa shape index (κ2) is 7.12. The average Bonchev–Trinajstić information content (AvgIpc) is 3.19. The maximum atomic E-state index is 12.2. The fourth-order valence-electron chi connectivity index (χ4n) is 4.01. The molecule has 130 valence electrons. The molecule has 1 saturated heterocycles. The molecule has 4 atom stereocenters. The van der Waals surface area contributed by atoms with Crippen molar-refractivity contribution in [3.63, 3.8) is 0 Å². The number of cyclic esters (lactones) is 2. The maximum Gasteiger partial charge on any atom is 0.318 e. The van der Waals surface area contributed by atoms with Crippen molar-refractivity contribution in [3.8, 4) is 0 Å². The van der Waals surface area contributed by atoms with Crippen LogP contribution in [0.15, 0.2) is 72.8 Å². The van der Waals surface area contributed by atoms with Gasteiger partial charge in [0.2, 0.25) is 0 Å². The first-order valence-corrected chi connectivity index (χ1v) is 8.94. The Bertz CT molecular complexity index is 780. The number of carbonyl (C=O) groups is 2. The van der Waals surface area contributed by atoms with Gasteiger partial charge >= 0.3 is 11.9 Å². The molecule has 3 nitrogen and oxygen atoms in total. The summed E-state index contributed by atoms with van der Waals surface area (Å²) in [7, 11) is 0. The zero-order valence-corrected chi connectivity index (χ0v) is 14.3. The molecule has 2 fully saturated rings.